The molecule has 1 unspecified atom stereocenters. The minimum Gasteiger partial charge on any atom is -0.383 e. The number of hydrogen-bond donors (Lipinski definition) is 1. The van der Waals surface area contributed by atoms with Crippen molar-refractivity contribution in [1.29, 1.82) is 0 Å². The van der Waals surface area contributed by atoms with Gasteiger partial charge >= 0.3 is 0 Å². The molecule has 2 aromatic heterocycles. The van der Waals surface area contributed by atoms with E-state index in [4.69, 9.17) is 5.73 Å². The summed E-state index contributed by atoms with van der Waals surface area (Å²) in [5, 5.41) is 0. The van der Waals surface area contributed by atoms with Crippen LogP contribution in [0.25, 0.3) is 11.3 Å². The number of likely N-dealkylation sites (tertiary alicyclic amines) is 1. The molecule has 3 rings (SSSR count). The fraction of sp³-hybridized carbons (Fsp3) is 0.308. The van der Waals surface area contributed by atoms with Gasteiger partial charge in [0.05, 0.1) is 18.2 Å². The van der Waals surface area contributed by atoms with Gasteiger partial charge in [0.15, 0.2) is 0 Å². The highest BCUT2D eigenvalue weighted by Crippen LogP contribution is 2.30. The monoisotopic (exact) mass is 257 g/mol. The highest BCUT2D eigenvalue weighted by Gasteiger charge is 2.31. The van der Waals surface area contributed by atoms with E-state index >= 15 is 0 Å². The van der Waals surface area contributed by atoms with Gasteiger partial charge in [0.1, 0.15) is 11.9 Å². The van der Waals surface area contributed by atoms with Gasteiger partial charge in [-0.2, -0.15) is 0 Å². The molecule has 98 valence electrons. The minimum atomic E-state index is -0.192. The van der Waals surface area contributed by atoms with Crippen molar-refractivity contribution in [3.05, 3.63) is 30.9 Å². The first-order valence-electron chi connectivity index (χ1n) is 6.16. The molecule has 0 radical (unpaired) electrons. The Kier molecular flexibility index (Phi) is 2.70. The average molecular weight is 257 g/mol. The van der Waals surface area contributed by atoms with Crippen molar-refractivity contribution in [3.63, 3.8) is 0 Å². The molecular weight excluding hydrogens is 242 g/mol. The molecule has 2 aromatic rings. The summed E-state index contributed by atoms with van der Waals surface area (Å²) >= 11 is 0. The van der Waals surface area contributed by atoms with Crippen LogP contribution in [0.2, 0.25) is 0 Å². The third kappa shape index (κ3) is 1.85. The highest BCUT2D eigenvalue weighted by molar-refractivity contribution is 5.83. The Bertz CT molecular complexity index is 621. The average Bonchev–Trinajstić information content (AvgIpc) is 2.99. The van der Waals surface area contributed by atoms with Gasteiger partial charge in [-0.25, -0.2) is 9.97 Å². The van der Waals surface area contributed by atoms with E-state index < -0.39 is 0 Å². The summed E-state index contributed by atoms with van der Waals surface area (Å²) in [5.41, 5.74) is 7.53. The van der Waals surface area contributed by atoms with Crippen LogP contribution in [-0.2, 0) is 4.79 Å². The molecule has 0 saturated carbocycles. The van der Waals surface area contributed by atoms with Crippen LogP contribution in [-0.4, -0.2) is 38.9 Å². The second-order valence-corrected chi connectivity index (χ2v) is 4.69. The summed E-state index contributed by atoms with van der Waals surface area (Å²) in [4.78, 5) is 22.1. The van der Waals surface area contributed by atoms with E-state index in [2.05, 4.69) is 9.97 Å². The molecule has 0 bridgehead atoms. The van der Waals surface area contributed by atoms with Crippen molar-refractivity contribution in [2.45, 2.75) is 12.5 Å². The third-order valence-electron chi connectivity index (χ3n) is 3.52. The molecule has 1 saturated heterocycles. The second kappa shape index (κ2) is 4.38. The predicted octanol–water partition coefficient (Wildman–Crippen LogP) is 0.930. The van der Waals surface area contributed by atoms with E-state index in [1.165, 1.54) is 0 Å². The predicted molar refractivity (Wildman–Crippen MR) is 71.2 cm³/mol. The summed E-state index contributed by atoms with van der Waals surface area (Å²) in [6.45, 7) is 0.768. The lowest BCUT2D eigenvalue weighted by Crippen LogP contribution is -2.24. The van der Waals surface area contributed by atoms with Crippen LogP contribution >= 0.6 is 0 Å². The highest BCUT2D eigenvalue weighted by atomic mass is 16.2. The Morgan fingerprint density at radius 2 is 2.32 bits per heavy atom. The number of nitrogens with two attached hydrogens (primary N) is 1. The smallest absolute Gasteiger partial charge is 0.245 e. The summed E-state index contributed by atoms with van der Waals surface area (Å²) in [5.74, 6) is 0.560. The van der Waals surface area contributed by atoms with Crippen LogP contribution < -0.4 is 5.73 Å². The summed E-state index contributed by atoms with van der Waals surface area (Å²) in [6, 6.07) is 3.52. The first-order valence-corrected chi connectivity index (χ1v) is 6.16. The number of carbonyl (C=O) groups is 1. The van der Waals surface area contributed by atoms with Crippen molar-refractivity contribution in [2.75, 3.05) is 19.3 Å². The summed E-state index contributed by atoms with van der Waals surface area (Å²) in [7, 11) is 1.82. The quantitative estimate of drug-likeness (QED) is 0.868. The molecule has 1 fully saturated rings. The molecule has 0 aromatic carbocycles. The molecule has 1 aliphatic heterocycles. The van der Waals surface area contributed by atoms with Gasteiger partial charge in [0, 0.05) is 25.4 Å². The standard InChI is InChI=1S/C13H15N5O/c1-17-6-4-10(13(17)19)18-8-15-7-11(18)9-3-2-5-16-12(9)14/h2-3,5,7-8,10H,4,6H2,1H3,(H2,14,16). The fourth-order valence-electron chi connectivity index (χ4n) is 2.46. The topological polar surface area (TPSA) is 77.0 Å². The molecule has 6 nitrogen and oxygen atoms in total. The molecule has 19 heavy (non-hydrogen) atoms. The number of nitrogens with zero attached hydrogens (tertiary/aromatic N) is 4. The Morgan fingerprint density at radius 3 is 3.00 bits per heavy atom. The van der Waals surface area contributed by atoms with E-state index in [0.29, 0.717) is 5.82 Å². The van der Waals surface area contributed by atoms with Gasteiger partial charge in [-0.3, -0.25) is 4.79 Å². The number of rotatable bonds is 2. The molecule has 1 aliphatic rings. The van der Waals surface area contributed by atoms with E-state index in [-0.39, 0.29) is 11.9 Å². The van der Waals surface area contributed by atoms with Crippen LogP contribution in [0.3, 0.4) is 0 Å². The molecule has 0 aliphatic carbocycles. The summed E-state index contributed by atoms with van der Waals surface area (Å²) in [6.07, 6.45) is 5.84. The molecular formula is C13H15N5O. The van der Waals surface area contributed by atoms with Crippen molar-refractivity contribution in [2.24, 2.45) is 0 Å². The number of carbonyl (C=O) groups excluding carboxylic acids is 1. The van der Waals surface area contributed by atoms with Crippen LogP contribution in [0, 0.1) is 0 Å². The molecule has 2 N–H and O–H groups in total. The largest absolute Gasteiger partial charge is 0.383 e. The van der Waals surface area contributed by atoms with Gasteiger partial charge in [-0.1, -0.05) is 0 Å². The van der Waals surface area contributed by atoms with Crippen LogP contribution in [0.5, 0.6) is 0 Å². The van der Waals surface area contributed by atoms with Crippen LogP contribution in [0.4, 0.5) is 5.82 Å². The number of anilines is 1. The normalized spacial score (nSPS) is 19.1. The van der Waals surface area contributed by atoms with Crippen LogP contribution in [0.15, 0.2) is 30.9 Å². The number of hydrogen-bond acceptors (Lipinski definition) is 4. The lowest BCUT2D eigenvalue weighted by atomic mass is 10.1. The Labute approximate surface area is 110 Å². The Balaban J connectivity index is 2.05. The fourth-order valence-corrected chi connectivity index (χ4v) is 2.46. The van der Waals surface area contributed by atoms with E-state index in [1.54, 1.807) is 23.6 Å². The first-order chi connectivity index (χ1) is 9.18. The van der Waals surface area contributed by atoms with Crippen molar-refractivity contribution >= 4 is 11.7 Å². The van der Waals surface area contributed by atoms with Gasteiger partial charge < -0.3 is 15.2 Å². The van der Waals surface area contributed by atoms with Crippen LogP contribution in [0.1, 0.15) is 12.5 Å². The third-order valence-corrected chi connectivity index (χ3v) is 3.52. The summed E-state index contributed by atoms with van der Waals surface area (Å²) < 4.78 is 1.89. The number of nitrogen functional groups attached to an aromatic ring is 1. The molecule has 1 amide bonds. The van der Waals surface area contributed by atoms with Gasteiger partial charge in [0.25, 0.3) is 0 Å². The van der Waals surface area contributed by atoms with E-state index in [1.807, 2.05) is 23.7 Å². The maximum absolute atomic E-state index is 12.1. The lowest BCUT2D eigenvalue weighted by Gasteiger charge is -2.15. The molecule has 1 atom stereocenters. The Morgan fingerprint density at radius 1 is 1.47 bits per heavy atom. The van der Waals surface area contributed by atoms with E-state index in [0.717, 1.165) is 24.2 Å². The van der Waals surface area contributed by atoms with Gasteiger partial charge in [-0.15, -0.1) is 0 Å². The Hall–Kier alpha value is -2.37. The SMILES string of the molecule is CN1CCC(n2cncc2-c2cccnc2N)C1=O. The van der Waals surface area contributed by atoms with Gasteiger partial charge in [0.2, 0.25) is 5.91 Å². The van der Waals surface area contributed by atoms with Crippen molar-refractivity contribution < 1.29 is 4.79 Å². The minimum absolute atomic E-state index is 0.113. The maximum atomic E-state index is 12.1. The molecule has 0 spiro atoms. The zero-order chi connectivity index (χ0) is 13.4. The van der Waals surface area contributed by atoms with E-state index in [9.17, 15) is 4.79 Å². The number of pyridine rings is 1. The number of imidazole rings is 1. The second-order valence-electron chi connectivity index (χ2n) is 4.69. The maximum Gasteiger partial charge on any atom is 0.245 e. The molecule has 3 heterocycles. The van der Waals surface area contributed by atoms with Crippen molar-refractivity contribution in [1.82, 2.24) is 19.4 Å². The number of likely N-dealkylation sites (N-methyl/N-ethyl adjacent to an activating group) is 1. The zero-order valence-electron chi connectivity index (χ0n) is 10.7. The first kappa shape index (κ1) is 11.7. The number of aromatic nitrogens is 3. The van der Waals surface area contributed by atoms with Crippen molar-refractivity contribution in [3.8, 4) is 11.3 Å². The lowest BCUT2D eigenvalue weighted by molar-refractivity contribution is -0.129. The molecule has 6 heteroatoms. The van der Waals surface area contributed by atoms with Gasteiger partial charge in [-0.05, 0) is 18.6 Å². The zero-order valence-corrected chi connectivity index (χ0v) is 10.7. The number of amides is 1.